The Bertz CT molecular complexity index is 808. The van der Waals surface area contributed by atoms with Gasteiger partial charge < -0.3 is 4.74 Å². The maximum absolute atomic E-state index is 11.8. The molecule has 0 aliphatic carbocycles. The molecular formula is C16H13Cl6N3O2S. The molecule has 0 amide bonds. The molecule has 0 bridgehead atoms. The van der Waals surface area contributed by atoms with E-state index >= 15 is 0 Å². The second-order valence-corrected chi connectivity index (χ2v) is 11.2. The predicted molar refractivity (Wildman–Crippen MR) is 116 cm³/mol. The standard InChI is InChI=1S/C16H13Cl6N3O2S/c1-3-10(12(26)27-2)28-9-6-4-8(5-7-9)11-23-13(15(17,18)19)25-14(24-11)16(20,21)22/h4-7,10H,3H2,1-2H3. The number of rotatable bonds is 5. The molecule has 0 radical (unpaired) electrons. The third-order valence-corrected chi connectivity index (χ3v) is 5.74. The first-order valence-corrected chi connectivity index (χ1v) is 10.9. The van der Waals surface area contributed by atoms with Crippen molar-refractivity contribution in [2.45, 2.75) is 31.1 Å². The van der Waals surface area contributed by atoms with Gasteiger partial charge in [0.15, 0.2) is 17.5 Å². The Morgan fingerprint density at radius 2 is 1.50 bits per heavy atom. The van der Waals surface area contributed by atoms with Gasteiger partial charge in [-0.05, 0) is 18.6 Å². The zero-order valence-electron chi connectivity index (χ0n) is 14.4. The summed E-state index contributed by atoms with van der Waals surface area (Å²) >= 11 is 36.7. The Morgan fingerprint density at radius 3 is 1.89 bits per heavy atom. The third-order valence-electron chi connectivity index (χ3n) is 3.37. The van der Waals surface area contributed by atoms with Gasteiger partial charge in [0.1, 0.15) is 5.25 Å². The van der Waals surface area contributed by atoms with E-state index in [1.807, 2.05) is 6.92 Å². The minimum atomic E-state index is -1.92. The van der Waals surface area contributed by atoms with Crippen LogP contribution in [0.15, 0.2) is 29.2 Å². The van der Waals surface area contributed by atoms with Crippen LogP contribution in [0, 0.1) is 0 Å². The zero-order valence-corrected chi connectivity index (χ0v) is 19.8. The van der Waals surface area contributed by atoms with Gasteiger partial charge in [-0.3, -0.25) is 4.79 Å². The number of carbonyl (C=O) groups is 1. The number of thioether (sulfide) groups is 1. The molecule has 0 N–H and O–H groups in total. The maximum atomic E-state index is 11.8. The Kier molecular flexibility index (Phi) is 8.36. The molecule has 5 nitrogen and oxygen atoms in total. The molecule has 1 aromatic carbocycles. The normalized spacial score (nSPS) is 13.3. The number of aromatic nitrogens is 3. The number of nitrogens with zero attached hydrogens (tertiary/aromatic N) is 3. The molecule has 2 aromatic rings. The van der Waals surface area contributed by atoms with Crippen molar-refractivity contribution < 1.29 is 9.53 Å². The smallest absolute Gasteiger partial charge is 0.319 e. The van der Waals surface area contributed by atoms with E-state index in [-0.39, 0.29) is 28.7 Å². The fraction of sp³-hybridized carbons (Fsp3) is 0.375. The van der Waals surface area contributed by atoms with E-state index in [1.54, 1.807) is 24.3 Å². The van der Waals surface area contributed by atoms with Gasteiger partial charge in [0, 0.05) is 10.5 Å². The minimum absolute atomic E-state index is 0.168. The molecule has 0 fully saturated rings. The number of methoxy groups -OCH3 is 1. The molecule has 1 atom stereocenters. The molecule has 152 valence electrons. The van der Waals surface area contributed by atoms with Crippen molar-refractivity contribution in [3.63, 3.8) is 0 Å². The largest absolute Gasteiger partial charge is 0.468 e. The van der Waals surface area contributed by atoms with Gasteiger partial charge in [0.05, 0.1) is 7.11 Å². The van der Waals surface area contributed by atoms with Crippen LogP contribution in [0.25, 0.3) is 11.4 Å². The summed E-state index contributed by atoms with van der Waals surface area (Å²) in [6.07, 6.45) is 0.631. The summed E-state index contributed by atoms with van der Waals surface area (Å²) in [4.78, 5) is 24.9. The van der Waals surface area contributed by atoms with Crippen LogP contribution in [0.4, 0.5) is 0 Å². The van der Waals surface area contributed by atoms with Crippen LogP contribution in [0.1, 0.15) is 25.0 Å². The monoisotopic (exact) mass is 521 g/mol. The molecular weight excluding hydrogens is 511 g/mol. The predicted octanol–water partition coefficient (Wildman–Crippen LogP) is 6.24. The number of carbonyl (C=O) groups excluding carboxylic acids is 1. The molecule has 0 saturated heterocycles. The number of benzene rings is 1. The number of hydrogen-bond donors (Lipinski definition) is 0. The summed E-state index contributed by atoms with van der Waals surface area (Å²) < 4.78 is 0.950. The summed E-state index contributed by atoms with van der Waals surface area (Å²) in [7, 11) is 1.36. The van der Waals surface area contributed by atoms with Crippen LogP contribution >= 0.6 is 81.4 Å². The van der Waals surface area contributed by atoms with Crippen LogP contribution in [-0.4, -0.2) is 33.3 Å². The van der Waals surface area contributed by atoms with E-state index in [4.69, 9.17) is 74.3 Å². The highest BCUT2D eigenvalue weighted by molar-refractivity contribution is 8.00. The fourth-order valence-corrected chi connectivity index (χ4v) is 3.52. The van der Waals surface area contributed by atoms with E-state index in [2.05, 4.69) is 15.0 Å². The summed E-state index contributed by atoms with van der Waals surface area (Å²) in [6.45, 7) is 1.91. The van der Waals surface area contributed by atoms with Gasteiger partial charge in [-0.25, -0.2) is 15.0 Å². The lowest BCUT2D eigenvalue weighted by Crippen LogP contribution is -2.17. The number of esters is 1. The lowest BCUT2D eigenvalue weighted by atomic mass is 10.2. The first-order chi connectivity index (χ1) is 13.0. The van der Waals surface area contributed by atoms with Gasteiger partial charge in [0.2, 0.25) is 7.59 Å². The van der Waals surface area contributed by atoms with Crippen molar-refractivity contribution in [2.24, 2.45) is 0 Å². The Morgan fingerprint density at radius 1 is 1.00 bits per heavy atom. The van der Waals surface area contributed by atoms with Gasteiger partial charge in [-0.1, -0.05) is 88.7 Å². The average molecular weight is 524 g/mol. The van der Waals surface area contributed by atoms with Gasteiger partial charge in [0.25, 0.3) is 0 Å². The van der Waals surface area contributed by atoms with Gasteiger partial charge in [-0.15, -0.1) is 11.8 Å². The Labute approximate surface area is 196 Å². The molecule has 0 aliphatic heterocycles. The fourth-order valence-electron chi connectivity index (χ4n) is 2.03. The minimum Gasteiger partial charge on any atom is -0.468 e. The molecule has 0 spiro atoms. The summed E-state index contributed by atoms with van der Waals surface area (Å²) in [5, 5.41) is -0.306. The average Bonchev–Trinajstić information content (AvgIpc) is 2.64. The lowest BCUT2D eigenvalue weighted by molar-refractivity contribution is -0.140. The molecule has 12 heteroatoms. The van der Waals surface area contributed by atoms with E-state index in [0.29, 0.717) is 12.0 Å². The number of alkyl halides is 6. The van der Waals surface area contributed by atoms with Crippen LogP contribution in [0.2, 0.25) is 0 Å². The van der Waals surface area contributed by atoms with Crippen molar-refractivity contribution in [2.75, 3.05) is 7.11 Å². The third kappa shape index (κ3) is 6.39. The number of halogens is 6. The molecule has 1 heterocycles. The second kappa shape index (κ2) is 9.73. The number of hydrogen-bond acceptors (Lipinski definition) is 6. The van der Waals surface area contributed by atoms with Gasteiger partial charge >= 0.3 is 5.97 Å². The maximum Gasteiger partial charge on any atom is 0.319 e. The highest BCUT2D eigenvalue weighted by Gasteiger charge is 2.34. The van der Waals surface area contributed by atoms with Crippen molar-refractivity contribution in [3.05, 3.63) is 35.9 Å². The SMILES string of the molecule is CCC(Sc1ccc(-c2nc(C(Cl)(Cl)Cl)nc(C(Cl)(Cl)Cl)n2)cc1)C(=O)OC. The highest BCUT2D eigenvalue weighted by atomic mass is 35.6. The highest BCUT2D eigenvalue weighted by Crippen LogP contribution is 2.40. The van der Waals surface area contributed by atoms with Crippen molar-refractivity contribution in [3.8, 4) is 11.4 Å². The lowest BCUT2D eigenvalue weighted by Gasteiger charge is -2.16. The first kappa shape index (κ1) is 24.1. The summed E-state index contributed by atoms with van der Waals surface area (Å²) in [6, 6.07) is 7.09. The van der Waals surface area contributed by atoms with Crippen molar-refractivity contribution in [1.82, 2.24) is 15.0 Å². The van der Waals surface area contributed by atoms with Crippen LogP contribution in [-0.2, 0) is 17.1 Å². The van der Waals surface area contributed by atoms with E-state index in [0.717, 1.165) is 4.90 Å². The topological polar surface area (TPSA) is 65.0 Å². The molecule has 28 heavy (non-hydrogen) atoms. The van der Waals surface area contributed by atoms with Crippen molar-refractivity contribution >= 4 is 87.3 Å². The molecule has 2 rings (SSSR count). The Hall–Kier alpha value is -0.210. The van der Waals surface area contributed by atoms with Crippen molar-refractivity contribution in [1.29, 1.82) is 0 Å². The van der Waals surface area contributed by atoms with Gasteiger partial charge in [-0.2, -0.15) is 0 Å². The summed E-state index contributed by atoms with van der Waals surface area (Å²) in [5.41, 5.74) is 0.587. The van der Waals surface area contributed by atoms with Crippen LogP contribution in [0.3, 0.4) is 0 Å². The van der Waals surface area contributed by atoms with Crippen LogP contribution < -0.4 is 0 Å². The Balaban J connectivity index is 2.38. The van der Waals surface area contributed by atoms with E-state index < -0.39 is 7.59 Å². The number of ether oxygens (including phenoxy) is 1. The molecule has 1 aromatic heterocycles. The summed E-state index contributed by atoms with van der Waals surface area (Å²) in [5.74, 6) is -0.444. The first-order valence-electron chi connectivity index (χ1n) is 7.71. The zero-order chi connectivity index (χ0) is 21.1. The van der Waals surface area contributed by atoms with E-state index in [1.165, 1.54) is 18.9 Å². The second-order valence-electron chi connectivity index (χ2n) is 5.36. The van der Waals surface area contributed by atoms with E-state index in [9.17, 15) is 4.79 Å². The molecule has 1 unspecified atom stereocenters. The quantitative estimate of drug-likeness (QED) is 0.263. The van der Waals surface area contributed by atoms with Crippen LogP contribution in [0.5, 0.6) is 0 Å². The molecule has 0 saturated carbocycles. The molecule has 0 aliphatic rings.